The van der Waals surface area contributed by atoms with E-state index in [1.165, 1.54) is 14.0 Å². The summed E-state index contributed by atoms with van der Waals surface area (Å²) in [5, 5.41) is 0. The maximum Gasteiger partial charge on any atom is 0.363 e. The summed E-state index contributed by atoms with van der Waals surface area (Å²) in [6, 6.07) is 12.1. The highest BCUT2D eigenvalue weighted by atomic mass is 16.6. The Kier molecular flexibility index (Phi) is 5.74. The lowest BCUT2D eigenvalue weighted by Gasteiger charge is -2.08. The first-order chi connectivity index (χ1) is 13.5. The zero-order valence-electron chi connectivity index (χ0n) is 15.7. The molecule has 0 radical (unpaired) electrons. The third-order valence-electron chi connectivity index (χ3n) is 3.78. The maximum atomic E-state index is 12.3. The Morgan fingerprint density at radius 1 is 1.14 bits per heavy atom. The summed E-state index contributed by atoms with van der Waals surface area (Å²) in [6.07, 6.45) is 1.55. The first-order valence-electron chi connectivity index (χ1n) is 8.63. The van der Waals surface area contributed by atoms with Gasteiger partial charge in [0.25, 0.3) is 0 Å². The number of aliphatic imine (C=N–C) groups is 1. The van der Waals surface area contributed by atoms with Crippen LogP contribution in [0.2, 0.25) is 0 Å². The number of hydrogen-bond acceptors (Lipinski definition) is 7. The predicted molar refractivity (Wildman–Crippen MR) is 103 cm³/mol. The molecule has 0 spiro atoms. The lowest BCUT2D eigenvalue weighted by Crippen LogP contribution is -2.07. The van der Waals surface area contributed by atoms with Crippen molar-refractivity contribution in [2.75, 3.05) is 13.7 Å². The third-order valence-corrected chi connectivity index (χ3v) is 3.78. The van der Waals surface area contributed by atoms with Gasteiger partial charge in [-0.3, -0.25) is 4.79 Å². The maximum absolute atomic E-state index is 12.3. The van der Waals surface area contributed by atoms with Gasteiger partial charge in [-0.15, -0.1) is 0 Å². The summed E-state index contributed by atoms with van der Waals surface area (Å²) in [5.41, 5.74) is 1.32. The van der Waals surface area contributed by atoms with Crippen molar-refractivity contribution in [3.8, 4) is 17.2 Å². The van der Waals surface area contributed by atoms with Crippen LogP contribution in [0.4, 0.5) is 0 Å². The summed E-state index contributed by atoms with van der Waals surface area (Å²) in [6.45, 7) is 3.64. The van der Waals surface area contributed by atoms with Crippen LogP contribution in [0.5, 0.6) is 17.2 Å². The van der Waals surface area contributed by atoms with Gasteiger partial charge in [0.2, 0.25) is 5.90 Å². The first-order valence-corrected chi connectivity index (χ1v) is 8.63. The molecular formula is C21H19NO6. The fourth-order valence-corrected chi connectivity index (χ4v) is 2.62. The van der Waals surface area contributed by atoms with Gasteiger partial charge in [0, 0.05) is 6.92 Å². The number of carbonyl (C=O) groups is 2. The average molecular weight is 381 g/mol. The zero-order valence-corrected chi connectivity index (χ0v) is 15.7. The van der Waals surface area contributed by atoms with Gasteiger partial charge < -0.3 is 18.9 Å². The molecular weight excluding hydrogens is 362 g/mol. The third kappa shape index (κ3) is 4.20. The monoisotopic (exact) mass is 381 g/mol. The number of cyclic esters (lactones) is 1. The molecule has 0 atom stereocenters. The molecule has 2 aromatic carbocycles. The molecule has 1 heterocycles. The molecule has 144 valence electrons. The molecule has 0 saturated carbocycles. The Morgan fingerprint density at radius 3 is 2.64 bits per heavy atom. The quantitative estimate of drug-likeness (QED) is 0.433. The molecule has 0 aliphatic carbocycles. The zero-order chi connectivity index (χ0) is 20.1. The van der Waals surface area contributed by atoms with Gasteiger partial charge in [-0.1, -0.05) is 18.2 Å². The van der Waals surface area contributed by atoms with Crippen molar-refractivity contribution in [3.05, 3.63) is 59.3 Å². The van der Waals surface area contributed by atoms with Gasteiger partial charge >= 0.3 is 11.9 Å². The highest BCUT2D eigenvalue weighted by molar-refractivity contribution is 6.13. The number of esters is 2. The van der Waals surface area contributed by atoms with E-state index < -0.39 is 11.9 Å². The highest BCUT2D eigenvalue weighted by Gasteiger charge is 2.26. The molecule has 0 fully saturated rings. The average Bonchev–Trinajstić information content (AvgIpc) is 3.02. The van der Waals surface area contributed by atoms with Crippen molar-refractivity contribution in [3.63, 3.8) is 0 Å². The number of para-hydroxylation sites is 1. The molecule has 0 bridgehead atoms. The lowest BCUT2D eigenvalue weighted by atomic mass is 10.1. The standard InChI is InChI=1S/C21H19NO6/c1-4-26-17-8-6-5-7-15(17)20-22-16(21(24)28-20)11-14-9-10-18(25-3)19(12-14)27-13(2)23/h5-12H,4H2,1-3H3/b16-11-. The number of ether oxygens (including phenoxy) is 4. The number of hydrogen-bond donors (Lipinski definition) is 0. The van der Waals surface area contributed by atoms with Crippen LogP contribution < -0.4 is 14.2 Å². The van der Waals surface area contributed by atoms with Crippen LogP contribution in [0.1, 0.15) is 25.0 Å². The Balaban J connectivity index is 1.95. The molecule has 0 amide bonds. The minimum absolute atomic E-state index is 0.125. The second kappa shape index (κ2) is 8.39. The molecule has 0 unspecified atom stereocenters. The molecule has 7 nitrogen and oxygen atoms in total. The van der Waals surface area contributed by atoms with Crippen molar-refractivity contribution >= 4 is 23.9 Å². The second-order valence-electron chi connectivity index (χ2n) is 5.77. The van der Waals surface area contributed by atoms with Gasteiger partial charge in [-0.05, 0) is 42.8 Å². The Bertz CT molecular complexity index is 977. The molecule has 3 rings (SSSR count). The Hall–Kier alpha value is -3.61. The SMILES string of the molecule is CCOc1ccccc1C1=N/C(=C\c2ccc(OC)c(OC(C)=O)c2)C(=O)O1. The van der Waals surface area contributed by atoms with E-state index >= 15 is 0 Å². The number of carbonyl (C=O) groups excluding carboxylic acids is 2. The fraction of sp³-hybridized carbons (Fsp3) is 0.190. The van der Waals surface area contributed by atoms with Crippen LogP contribution in [-0.4, -0.2) is 31.6 Å². The lowest BCUT2D eigenvalue weighted by molar-refractivity contribution is -0.132. The van der Waals surface area contributed by atoms with E-state index in [0.717, 1.165) is 0 Å². The van der Waals surface area contributed by atoms with Crippen molar-refractivity contribution < 1.29 is 28.5 Å². The number of methoxy groups -OCH3 is 1. The topological polar surface area (TPSA) is 83.4 Å². The van der Waals surface area contributed by atoms with E-state index in [9.17, 15) is 9.59 Å². The van der Waals surface area contributed by atoms with E-state index in [1.807, 2.05) is 19.1 Å². The predicted octanol–water partition coefficient (Wildman–Crippen LogP) is 3.36. The Morgan fingerprint density at radius 2 is 1.93 bits per heavy atom. The van der Waals surface area contributed by atoms with Gasteiger partial charge in [-0.25, -0.2) is 9.79 Å². The molecule has 1 aliphatic rings. The van der Waals surface area contributed by atoms with Gasteiger partial charge in [0.1, 0.15) is 5.75 Å². The van der Waals surface area contributed by atoms with Crippen LogP contribution in [0.25, 0.3) is 6.08 Å². The van der Waals surface area contributed by atoms with Gasteiger partial charge in [0.15, 0.2) is 17.2 Å². The van der Waals surface area contributed by atoms with Crippen LogP contribution in [0.15, 0.2) is 53.2 Å². The van der Waals surface area contributed by atoms with Gasteiger partial charge in [0.05, 0.1) is 19.3 Å². The van der Waals surface area contributed by atoms with E-state index in [4.69, 9.17) is 18.9 Å². The van der Waals surface area contributed by atoms with Crippen LogP contribution in [-0.2, 0) is 14.3 Å². The van der Waals surface area contributed by atoms with E-state index in [0.29, 0.717) is 29.2 Å². The van der Waals surface area contributed by atoms with Crippen molar-refractivity contribution in [2.24, 2.45) is 4.99 Å². The van der Waals surface area contributed by atoms with Crippen LogP contribution in [0.3, 0.4) is 0 Å². The molecule has 7 heteroatoms. The van der Waals surface area contributed by atoms with Crippen molar-refractivity contribution in [2.45, 2.75) is 13.8 Å². The largest absolute Gasteiger partial charge is 0.493 e. The number of nitrogens with zero attached hydrogens (tertiary/aromatic N) is 1. The van der Waals surface area contributed by atoms with E-state index in [-0.39, 0.29) is 17.3 Å². The summed E-state index contributed by atoms with van der Waals surface area (Å²) in [7, 11) is 1.47. The first kappa shape index (κ1) is 19.2. The molecule has 2 aromatic rings. The normalized spacial score (nSPS) is 14.5. The number of rotatable bonds is 6. The van der Waals surface area contributed by atoms with Crippen LogP contribution in [0, 0.1) is 0 Å². The molecule has 28 heavy (non-hydrogen) atoms. The van der Waals surface area contributed by atoms with E-state index in [1.54, 1.807) is 36.4 Å². The van der Waals surface area contributed by atoms with Crippen molar-refractivity contribution in [1.29, 1.82) is 0 Å². The van der Waals surface area contributed by atoms with E-state index in [2.05, 4.69) is 4.99 Å². The summed E-state index contributed by atoms with van der Waals surface area (Å²) in [5.74, 6) is 0.360. The highest BCUT2D eigenvalue weighted by Crippen LogP contribution is 2.30. The van der Waals surface area contributed by atoms with Crippen molar-refractivity contribution in [1.82, 2.24) is 0 Å². The molecule has 0 N–H and O–H groups in total. The molecule has 0 saturated heterocycles. The number of benzene rings is 2. The second-order valence-corrected chi connectivity index (χ2v) is 5.77. The van der Waals surface area contributed by atoms with Crippen LogP contribution >= 0.6 is 0 Å². The molecule has 1 aliphatic heterocycles. The van der Waals surface area contributed by atoms with Gasteiger partial charge in [-0.2, -0.15) is 0 Å². The fourth-order valence-electron chi connectivity index (χ4n) is 2.62. The smallest absolute Gasteiger partial charge is 0.363 e. The minimum Gasteiger partial charge on any atom is -0.493 e. The Labute approximate surface area is 162 Å². The minimum atomic E-state index is -0.578. The summed E-state index contributed by atoms with van der Waals surface area (Å²) < 4.78 is 21.2. The summed E-state index contributed by atoms with van der Waals surface area (Å²) >= 11 is 0. The molecule has 0 aromatic heterocycles. The summed E-state index contributed by atoms with van der Waals surface area (Å²) in [4.78, 5) is 27.8.